The van der Waals surface area contributed by atoms with Gasteiger partial charge in [-0.15, -0.1) is 0 Å². The van der Waals surface area contributed by atoms with Crippen LogP contribution in [0, 0.1) is 11.8 Å². The van der Waals surface area contributed by atoms with Gasteiger partial charge in [0.1, 0.15) is 5.78 Å². The fourth-order valence-electron chi connectivity index (χ4n) is 3.00. The number of rotatable bonds is 7. The maximum atomic E-state index is 12.3. The first-order valence-electron chi connectivity index (χ1n) is 7.80. The Morgan fingerprint density at radius 1 is 1.12 bits per heavy atom. The summed E-state index contributed by atoms with van der Waals surface area (Å²) in [6.45, 7) is 4.47. The third-order valence-corrected chi connectivity index (χ3v) is 4.34. The topological polar surface area (TPSA) is 17.1 Å². The van der Waals surface area contributed by atoms with Crippen LogP contribution >= 0.6 is 0 Å². The third kappa shape index (κ3) is 5.70. The van der Waals surface area contributed by atoms with E-state index in [1.54, 1.807) is 0 Å². The smallest absolute Gasteiger partial charge is 0.136 e. The van der Waals surface area contributed by atoms with Crippen LogP contribution in [0.1, 0.15) is 84.5 Å². The molecule has 100 valence electrons. The standard InChI is InChI=1S/C16H30O/c1-3-5-10-14(4-2)13-16(17)15-11-8-6-7-9-12-15/h14-15H,3-13H2,1-2H3. The minimum Gasteiger partial charge on any atom is -0.299 e. The van der Waals surface area contributed by atoms with Gasteiger partial charge in [0, 0.05) is 12.3 Å². The Morgan fingerprint density at radius 3 is 2.29 bits per heavy atom. The Morgan fingerprint density at radius 2 is 1.76 bits per heavy atom. The molecule has 0 amide bonds. The average Bonchev–Trinajstić information content (AvgIpc) is 2.63. The highest BCUT2D eigenvalue weighted by molar-refractivity contribution is 5.81. The second-order valence-corrected chi connectivity index (χ2v) is 5.78. The second-order valence-electron chi connectivity index (χ2n) is 5.78. The number of hydrogen-bond donors (Lipinski definition) is 0. The Kier molecular flexibility index (Phi) is 7.55. The number of ketones is 1. The van der Waals surface area contributed by atoms with E-state index in [1.165, 1.54) is 64.2 Å². The summed E-state index contributed by atoms with van der Waals surface area (Å²) in [4.78, 5) is 12.3. The van der Waals surface area contributed by atoms with E-state index in [0.717, 1.165) is 6.42 Å². The molecule has 1 saturated carbocycles. The first kappa shape index (κ1) is 14.7. The molecule has 0 heterocycles. The molecule has 0 bridgehead atoms. The van der Waals surface area contributed by atoms with Gasteiger partial charge in [0.15, 0.2) is 0 Å². The summed E-state index contributed by atoms with van der Waals surface area (Å²) in [5.41, 5.74) is 0. The van der Waals surface area contributed by atoms with E-state index in [4.69, 9.17) is 0 Å². The lowest BCUT2D eigenvalue weighted by molar-refractivity contribution is -0.124. The maximum absolute atomic E-state index is 12.3. The molecular weight excluding hydrogens is 208 g/mol. The number of carbonyl (C=O) groups is 1. The van der Waals surface area contributed by atoms with Crippen LogP contribution in [0.25, 0.3) is 0 Å². The molecule has 0 aromatic carbocycles. The number of Topliss-reactive ketones (excluding diaryl/α,β-unsaturated/α-hetero) is 1. The van der Waals surface area contributed by atoms with Crippen LogP contribution in [0.2, 0.25) is 0 Å². The number of carbonyl (C=O) groups excluding carboxylic acids is 1. The summed E-state index contributed by atoms with van der Waals surface area (Å²) in [5, 5.41) is 0. The molecule has 1 heteroatoms. The Balaban J connectivity index is 2.34. The SMILES string of the molecule is CCCCC(CC)CC(=O)C1CCCCCC1. The zero-order chi connectivity index (χ0) is 12.5. The number of unbranched alkanes of at least 4 members (excludes halogenated alkanes) is 1. The molecule has 1 rings (SSSR count). The van der Waals surface area contributed by atoms with Crippen LogP contribution in [-0.2, 0) is 4.79 Å². The van der Waals surface area contributed by atoms with Gasteiger partial charge in [0.25, 0.3) is 0 Å². The molecule has 0 aromatic heterocycles. The van der Waals surface area contributed by atoms with Crippen molar-refractivity contribution in [3.63, 3.8) is 0 Å². The monoisotopic (exact) mass is 238 g/mol. The van der Waals surface area contributed by atoms with Crippen LogP contribution in [0.3, 0.4) is 0 Å². The fraction of sp³-hybridized carbons (Fsp3) is 0.938. The van der Waals surface area contributed by atoms with Crippen molar-refractivity contribution >= 4 is 5.78 Å². The van der Waals surface area contributed by atoms with Gasteiger partial charge in [-0.25, -0.2) is 0 Å². The van der Waals surface area contributed by atoms with Crippen LogP contribution in [0.4, 0.5) is 0 Å². The molecule has 1 unspecified atom stereocenters. The van der Waals surface area contributed by atoms with Crippen molar-refractivity contribution in [1.29, 1.82) is 0 Å². The highest BCUT2D eigenvalue weighted by Gasteiger charge is 2.22. The molecule has 0 spiro atoms. The molecule has 1 atom stereocenters. The quantitative estimate of drug-likeness (QED) is 0.562. The first-order chi connectivity index (χ1) is 8.27. The van der Waals surface area contributed by atoms with Crippen molar-refractivity contribution in [1.82, 2.24) is 0 Å². The maximum Gasteiger partial charge on any atom is 0.136 e. The van der Waals surface area contributed by atoms with Crippen molar-refractivity contribution in [2.45, 2.75) is 84.5 Å². The zero-order valence-electron chi connectivity index (χ0n) is 11.8. The van der Waals surface area contributed by atoms with Gasteiger partial charge in [0.05, 0.1) is 0 Å². The lowest BCUT2D eigenvalue weighted by atomic mass is 9.86. The normalized spacial score (nSPS) is 19.9. The van der Waals surface area contributed by atoms with Gasteiger partial charge in [-0.2, -0.15) is 0 Å². The zero-order valence-corrected chi connectivity index (χ0v) is 11.8. The van der Waals surface area contributed by atoms with Crippen molar-refractivity contribution in [2.24, 2.45) is 11.8 Å². The van der Waals surface area contributed by atoms with Crippen LogP contribution in [0.15, 0.2) is 0 Å². The Hall–Kier alpha value is -0.330. The van der Waals surface area contributed by atoms with E-state index in [0.29, 0.717) is 17.6 Å². The average molecular weight is 238 g/mol. The molecule has 0 N–H and O–H groups in total. The predicted octanol–water partition coefficient (Wildman–Crippen LogP) is 5.13. The van der Waals surface area contributed by atoms with E-state index < -0.39 is 0 Å². The predicted molar refractivity (Wildman–Crippen MR) is 74.1 cm³/mol. The van der Waals surface area contributed by atoms with Gasteiger partial charge in [-0.05, 0) is 18.8 Å². The fourth-order valence-corrected chi connectivity index (χ4v) is 3.00. The molecule has 1 fully saturated rings. The van der Waals surface area contributed by atoms with Gasteiger partial charge >= 0.3 is 0 Å². The molecule has 1 aliphatic rings. The van der Waals surface area contributed by atoms with E-state index in [-0.39, 0.29) is 0 Å². The van der Waals surface area contributed by atoms with Crippen molar-refractivity contribution in [2.75, 3.05) is 0 Å². The van der Waals surface area contributed by atoms with Crippen molar-refractivity contribution < 1.29 is 4.79 Å². The highest BCUT2D eigenvalue weighted by atomic mass is 16.1. The summed E-state index contributed by atoms with van der Waals surface area (Å²) >= 11 is 0. The molecular formula is C16H30O. The Bertz CT molecular complexity index is 202. The van der Waals surface area contributed by atoms with Crippen LogP contribution in [0.5, 0.6) is 0 Å². The molecule has 1 aliphatic carbocycles. The molecule has 0 saturated heterocycles. The number of hydrogen-bond acceptors (Lipinski definition) is 1. The van der Waals surface area contributed by atoms with Crippen LogP contribution < -0.4 is 0 Å². The summed E-state index contributed by atoms with van der Waals surface area (Å²) in [7, 11) is 0. The first-order valence-corrected chi connectivity index (χ1v) is 7.80. The second kappa shape index (κ2) is 8.72. The summed E-state index contributed by atoms with van der Waals surface area (Å²) in [6, 6.07) is 0. The van der Waals surface area contributed by atoms with Crippen molar-refractivity contribution in [3.05, 3.63) is 0 Å². The van der Waals surface area contributed by atoms with Crippen molar-refractivity contribution in [3.8, 4) is 0 Å². The molecule has 0 aromatic rings. The van der Waals surface area contributed by atoms with E-state index in [1.807, 2.05) is 0 Å². The lowest BCUT2D eigenvalue weighted by Crippen LogP contribution is -2.17. The van der Waals surface area contributed by atoms with Gasteiger partial charge in [0.2, 0.25) is 0 Å². The lowest BCUT2D eigenvalue weighted by Gasteiger charge is -2.18. The van der Waals surface area contributed by atoms with Gasteiger partial charge in [-0.1, -0.05) is 65.2 Å². The molecule has 0 radical (unpaired) electrons. The minimum absolute atomic E-state index is 0.410. The minimum atomic E-state index is 0.410. The molecule has 0 aliphatic heterocycles. The van der Waals surface area contributed by atoms with E-state index >= 15 is 0 Å². The highest BCUT2D eigenvalue weighted by Crippen LogP contribution is 2.27. The summed E-state index contributed by atoms with van der Waals surface area (Å²) < 4.78 is 0. The van der Waals surface area contributed by atoms with Gasteiger partial charge in [-0.3, -0.25) is 4.79 Å². The van der Waals surface area contributed by atoms with Gasteiger partial charge < -0.3 is 0 Å². The summed E-state index contributed by atoms with van der Waals surface area (Å²) in [5.74, 6) is 1.65. The third-order valence-electron chi connectivity index (χ3n) is 4.34. The largest absolute Gasteiger partial charge is 0.299 e. The van der Waals surface area contributed by atoms with E-state index in [2.05, 4.69) is 13.8 Å². The molecule has 17 heavy (non-hydrogen) atoms. The van der Waals surface area contributed by atoms with Crippen LogP contribution in [-0.4, -0.2) is 5.78 Å². The molecule has 1 nitrogen and oxygen atoms in total. The van der Waals surface area contributed by atoms with E-state index in [9.17, 15) is 4.79 Å². The Labute approximate surface area is 107 Å². The summed E-state index contributed by atoms with van der Waals surface area (Å²) in [6.07, 6.45) is 13.4.